The third kappa shape index (κ3) is 7.41. The van der Waals surface area contributed by atoms with E-state index in [4.69, 9.17) is 4.74 Å². The van der Waals surface area contributed by atoms with Crippen LogP contribution >= 0.6 is 0 Å². The Labute approximate surface area is 151 Å². The van der Waals surface area contributed by atoms with Crippen LogP contribution in [0.25, 0.3) is 0 Å². The third-order valence-corrected chi connectivity index (χ3v) is 5.18. The molecule has 2 N–H and O–H groups in total. The van der Waals surface area contributed by atoms with Crippen LogP contribution in [0.5, 0.6) is 0 Å². The summed E-state index contributed by atoms with van der Waals surface area (Å²) in [4.78, 5) is 6.60. The number of sulfonamides is 1. The molecule has 0 aliphatic rings. The van der Waals surface area contributed by atoms with Gasteiger partial charge in [-0.05, 0) is 24.1 Å². The van der Waals surface area contributed by atoms with Crippen LogP contribution in [0.15, 0.2) is 34.2 Å². The highest BCUT2D eigenvalue weighted by Gasteiger charge is 2.13. The maximum absolute atomic E-state index is 12.1. The molecule has 0 saturated heterocycles. The Kier molecular flexibility index (Phi) is 9.48. The van der Waals surface area contributed by atoms with E-state index in [0.29, 0.717) is 13.2 Å². The quantitative estimate of drug-likeness (QED) is 0.370. The zero-order valence-corrected chi connectivity index (χ0v) is 16.4. The summed E-state index contributed by atoms with van der Waals surface area (Å²) in [6.07, 6.45) is 2.25. The van der Waals surface area contributed by atoms with Crippen LogP contribution in [0.3, 0.4) is 0 Å². The van der Waals surface area contributed by atoms with Crippen molar-refractivity contribution in [2.45, 2.75) is 31.2 Å². The maximum atomic E-state index is 12.1. The first-order chi connectivity index (χ1) is 11.9. The maximum Gasteiger partial charge on any atom is 0.240 e. The molecular weight excluding hydrogens is 340 g/mol. The summed E-state index contributed by atoms with van der Waals surface area (Å²) in [5, 5.41) is 3.29. The highest BCUT2D eigenvalue weighted by atomic mass is 32.2. The van der Waals surface area contributed by atoms with Gasteiger partial charge in [-0.1, -0.05) is 25.5 Å². The van der Waals surface area contributed by atoms with Crippen molar-refractivity contribution < 1.29 is 13.2 Å². The minimum Gasteiger partial charge on any atom is -0.383 e. The molecule has 0 aliphatic carbocycles. The van der Waals surface area contributed by atoms with Gasteiger partial charge in [-0.25, -0.2) is 13.1 Å². The number of methoxy groups -OCH3 is 1. The van der Waals surface area contributed by atoms with Crippen LogP contribution in [0.4, 0.5) is 0 Å². The summed E-state index contributed by atoms with van der Waals surface area (Å²) in [5.74, 6) is 0.825. The second-order valence-electron chi connectivity index (χ2n) is 5.71. The van der Waals surface area contributed by atoms with Crippen LogP contribution in [-0.4, -0.2) is 60.2 Å². The predicted molar refractivity (Wildman–Crippen MR) is 101 cm³/mol. The number of ether oxygens (including phenoxy) is 1. The lowest BCUT2D eigenvalue weighted by Gasteiger charge is -2.21. The van der Waals surface area contributed by atoms with Crippen molar-refractivity contribution in [1.29, 1.82) is 0 Å². The van der Waals surface area contributed by atoms with Gasteiger partial charge in [-0.15, -0.1) is 0 Å². The van der Waals surface area contributed by atoms with Crippen molar-refractivity contribution in [3.8, 4) is 0 Å². The van der Waals surface area contributed by atoms with Gasteiger partial charge >= 0.3 is 0 Å². The molecule has 0 radical (unpaired) electrons. The second-order valence-corrected chi connectivity index (χ2v) is 7.48. The number of benzene rings is 1. The molecule has 0 atom stereocenters. The van der Waals surface area contributed by atoms with E-state index in [2.05, 4.69) is 26.9 Å². The van der Waals surface area contributed by atoms with Gasteiger partial charge in [-0.2, -0.15) is 0 Å². The van der Waals surface area contributed by atoms with Gasteiger partial charge in [0.25, 0.3) is 0 Å². The summed E-state index contributed by atoms with van der Waals surface area (Å²) >= 11 is 0. The Morgan fingerprint density at radius 1 is 1.28 bits per heavy atom. The number of aliphatic imine (C=N–C) groups is 1. The van der Waals surface area contributed by atoms with Gasteiger partial charge in [0.2, 0.25) is 10.0 Å². The molecule has 0 spiro atoms. The standard InChI is InChI=1S/C17H30N4O3S/c1-5-6-12-21(3)17(18-2)19-14-15-7-9-16(10-8-15)25(22,23)20-11-13-24-4/h7-10,20H,5-6,11-14H2,1-4H3,(H,18,19). The molecule has 25 heavy (non-hydrogen) atoms. The zero-order valence-electron chi connectivity index (χ0n) is 15.6. The average molecular weight is 371 g/mol. The molecule has 1 rings (SSSR count). The fraction of sp³-hybridized carbons (Fsp3) is 0.588. The van der Waals surface area contributed by atoms with E-state index in [9.17, 15) is 8.42 Å². The van der Waals surface area contributed by atoms with Gasteiger partial charge in [0.1, 0.15) is 0 Å². The Morgan fingerprint density at radius 3 is 2.52 bits per heavy atom. The molecule has 0 unspecified atom stereocenters. The van der Waals surface area contributed by atoms with Crippen LogP contribution in [0, 0.1) is 0 Å². The minimum absolute atomic E-state index is 0.247. The van der Waals surface area contributed by atoms with E-state index in [1.165, 1.54) is 7.11 Å². The number of rotatable bonds is 10. The average Bonchev–Trinajstić information content (AvgIpc) is 2.61. The zero-order chi connectivity index (χ0) is 18.7. The molecule has 0 bridgehead atoms. The van der Waals surface area contributed by atoms with E-state index in [-0.39, 0.29) is 11.4 Å². The molecule has 0 aromatic heterocycles. The highest BCUT2D eigenvalue weighted by Crippen LogP contribution is 2.10. The number of hydrogen-bond donors (Lipinski definition) is 2. The summed E-state index contributed by atoms with van der Waals surface area (Å²) < 4.78 is 31.6. The predicted octanol–water partition coefficient (Wildman–Crippen LogP) is 1.42. The van der Waals surface area contributed by atoms with Gasteiger partial charge in [0, 0.05) is 40.8 Å². The topological polar surface area (TPSA) is 83.0 Å². The van der Waals surface area contributed by atoms with Crippen LogP contribution < -0.4 is 10.0 Å². The van der Waals surface area contributed by atoms with Crippen LogP contribution in [0.2, 0.25) is 0 Å². The fourth-order valence-corrected chi connectivity index (χ4v) is 3.23. The van der Waals surface area contributed by atoms with Crippen molar-refractivity contribution >= 4 is 16.0 Å². The largest absolute Gasteiger partial charge is 0.383 e. The number of hydrogen-bond acceptors (Lipinski definition) is 4. The lowest BCUT2D eigenvalue weighted by molar-refractivity contribution is 0.204. The molecule has 1 aromatic carbocycles. The minimum atomic E-state index is -3.49. The normalized spacial score (nSPS) is 12.2. The molecule has 7 nitrogen and oxygen atoms in total. The lowest BCUT2D eigenvalue weighted by atomic mass is 10.2. The Bertz CT molecular complexity index is 630. The van der Waals surface area contributed by atoms with Crippen molar-refractivity contribution in [2.75, 3.05) is 40.9 Å². The second kappa shape index (κ2) is 11.1. The molecule has 8 heteroatoms. The Hall–Kier alpha value is -1.64. The number of unbranched alkanes of at least 4 members (excludes halogenated alkanes) is 1. The van der Waals surface area contributed by atoms with Crippen molar-refractivity contribution in [1.82, 2.24) is 14.9 Å². The highest BCUT2D eigenvalue weighted by molar-refractivity contribution is 7.89. The molecule has 0 aliphatic heterocycles. The van der Waals surface area contributed by atoms with Gasteiger partial charge < -0.3 is 15.0 Å². The first kappa shape index (κ1) is 21.4. The lowest BCUT2D eigenvalue weighted by Crippen LogP contribution is -2.38. The monoisotopic (exact) mass is 370 g/mol. The number of nitrogens with one attached hydrogen (secondary N) is 2. The molecule has 0 fully saturated rings. The molecule has 1 aromatic rings. The summed E-state index contributed by atoms with van der Waals surface area (Å²) in [6, 6.07) is 6.82. The van der Waals surface area contributed by atoms with Crippen molar-refractivity contribution in [3.63, 3.8) is 0 Å². The van der Waals surface area contributed by atoms with Crippen molar-refractivity contribution in [3.05, 3.63) is 29.8 Å². The smallest absolute Gasteiger partial charge is 0.240 e. The SMILES string of the molecule is CCCCN(C)C(=NC)NCc1ccc(S(=O)(=O)NCCOC)cc1. The van der Waals surface area contributed by atoms with Gasteiger partial charge in [-0.3, -0.25) is 4.99 Å². The van der Waals surface area contributed by atoms with Gasteiger partial charge in [0.15, 0.2) is 5.96 Å². The number of guanidine groups is 1. The third-order valence-electron chi connectivity index (χ3n) is 3.70. The summed E-state index contributed by atoms with van der Waals surface area (Å²) in [6.45, 7) is 4.28. The van der Waals surface area contributed by atoms with Gasteiger partial charge in [0.05, 0.1) is 11.5 Å². The summed E-state index contributed by atoms with van der Waals surface area (Å²) in [5.41, 5.74) is 0.987. The van der Waals surface area contributed by atoms with E-state index in [0.717, 1.165) is 30.9 Å². The molecule has 0 saturated carbocycles. The van der Waals surface area contributed by atoms with E-state index in [1.54, 1.807) is 31.3 Å². The van der Waals surface area contributed by atoms with E-state index < -0.39 is 10.0 Å². The molecule has 0 heterocycles. The number of nitrogens with zero attached hydrogens (tertiary/aromatic N) is 2. The fourth-order valence-electron chi connectivity index (χ4n) is 2.21. The van der Waals surface area contributed by atoms with E-state index in [1.807, 2.05) is 7.05 Å². The molecular formula is C17H30N4O3S. The Balaban J connectivity index is 2.62. The molecule has 142 valence electrons. The Morgan fingerprint density at radius 2 is 1.96 bits per heavy atom. The van der Waals surface area contributed by atoms with Crippen LogP contribution in [0.1, 0.15) is 25.3 Å². The van der Waals surface area contributed by atoms with Crippen molar-refractivity contribution in [2.24, 2.45) is 4.99 Å². The first-order valence-electron chi connectivity index (χ1n) is 8.44. The van der Waals surface area contributed by atoms with Crippen LogP contribution in [-0.2, 0) is 21.3 Å². The van der Waals surface area contributed by atoms with E-state index >= 15 is 0 Å². The first-order valence-corrected chi connectivity index (χ1v) is 9.92. The molecule has 0 amide bonds. The summed E-state index contributed by atoms with van der Waals surface area (Å²) in [7, 11) is 1.80.